The van der Waals surface area contributed by atoms with Gasteiger partial charge in [0.25, 0.3) is 0 Å². The zero-order chi connectivity index (χ0) is 21.1. The normalized spacial score (nSPS) is 23.1. The quantitative estimate of drug-likeness (QED) is 0.172. The van der Waals surface area contributed by atoms with Gasteiger partial charge in [-0.25, -0.2) is 4.57 Å². The second-order valence-corrected chi connectivity index (χ2v) is 10.4. The van der Waals surface area contributed by atoms with Crippen LogP contribution >= 0.6 is 0 Å². The number of aromatic nitrogens is 3. The van der Waals surface area contributed by atoms with Gasteiger partial charge >= 0.3 is 0 Å². The number of hydrogen-bond acceptors (Lipinski definition) is 1. The van der Waals surface area contributed by atoms with Crippen LogP contribution in [0.25, 0.3) is 49.0 Å². The summed E-state index contributed by atoms with van der Waals surface area (Å²) in [6.45, 7) is 2.25. The number of nitrogens with zero attached hydrogens (tertiary/aromatic N) is 3. The number of pyridine rings is 3. The summed E-state index contributed by atoms with van der Waals surface area (Å²) in [5.74, 6) is 2.56. The molecule has 2 aliphatic carbocycles. The number of fused-ring (bicyclic) bond motifs is 7. The molecule has 6 aromatic rings. The highest BCUT2D eigenvalue weighted by atomic mass is 15.0. The lowest BCUT2D eigenvalue weighted by atomic mass is 9.82. The maximum Gasteiger partial charge on any atom is 0.224 e. The summed E-state index contributed by atoms with van der Waals surface area (Å²) in [6, 6.07) is 14.1. The smallest absolute Gasteiger partial charge is 0.224 e. The van der Waals surface area contributed by atoms with Crippen LogP contribution in [-0.2, 0) is 7.05 Å². The van der Waals surface area contributed by atoms with E-state index in [1.54, 1.807) is 5.56 Å². The highest BCUT2D eigenvalue weighted by molar-refractivity contribution is 6.25. The van der Waals surface area contributed by atoms with Gasteiger partial charge in [0, 0.05) is 29.2 Å². The molecule has 2 saturated carbocycles. The molecule has 0 saturated heterocycles. The van der Waals surface area contributed by atoms with E-state index in [4.69, 9.17) is 0 Å². The molecule has 4 heterocycles. The molecule has 4 aromatic heterocycles. The molecule has 3 heteroatoms. The van der Waals surface area contributed by atoms with E-state index < -0.39 is 0 Å². The van der Waals surface area contributed by atoms with E-state index in [-0.39, 0.29) is 0 Å². The molecule has 32 heavy (non-hydrogen) atoms. The van der Waals surface area contributed by atoms with Crippen LogP contribution in [0.3, 0.4) is 0 Å². The largest absolute Gasteiger partial charge is 0.307 e. The van der Waals surface area contributed by atoms with Crippen molar-refractivity contribution < 1.29 is 4.57 Å². The summed E-state index contributed by atoms with van der Waals surface area (Å²) in [7, 11) is 2.19. The van der Waals surface area contributed by atoms with Gasteiger partial charge in [-0.1, -0.05) is 24.6 Å². The summed E-state index contributed by atoms with van der Waals surface area (Å²) in [4.78, 5) is 4.49. The van der Waals surface area contributed by atoms with Crippen molar-refractivity contribution in [1.82, 2.24) is 9.38 Å². The van der Waals surface area contributed by atoms with Crippen molar-refractivity contribution in [2.75, 3.05) is 0 Å². The van der Waals surface area contributed by atoms with Crippen LogP contribution in [0.15, 0.2) is 55.0 Å². The maximum absolute atomic E-state index is 4.49. The van der Waals surface area contributed by atoms with E-state index in [0.717, 1.165) is 17.8 Å². The topological polar surface area (TPSA) is 21.2 Å². The van der Waals surface area contributed by atoms with Crippen molar-refractivity contribution in [2.45, 2.75) is 38.5 Å². The Balaban J connectivity index is 1.64. The third kappa shape index (κ3) is 1.98. The Morgan fingerprint density at radius 2 is 1.91 bits per heavy atom. The molecule has 0 aliphatic heterocycles. The molecule has 2 aromatic carbocycles. The zero-order valence-corrected chi connectivity index (χ0v) is 18.6. The highest BCUT2D eigenvalue weighted by Crippen LogP contribution is 2.53. The van der Waals surface area contributed by atoms with Gasteiger partial charge in [-0.05, 0) is 72.6 Å². The lowest BCUT2D eigenvalue weighted by molar-refractivity contribution is -0.643. The Morgan fingerprint density at radius 1 is 0.969 bits per heavy atom. The fraction of sp³-hybridized carbons (Fsp3) is 0.310. The van der Waals surface area contributed by atoms with Crippen molar-refractivity contribution in [2.24, 2.45) is 18.9 Å². The van der Waals surface area contributed by atoms with E-state index in [1.165, 1.54) is 80.2 Å². The minimum Gasteiger partial charge on any atom is -0.307 e. The van der Waals surface area contributed by atoms with Gasteiger partial charge in [0.05, 0.1) is 27.3 Å². The molecule has 3 unspecified atom stereocenters. The van der Waals surface area contributed by atoms with E-state index >= 15 is 0 Å². The second kappa shape index (κ2) is 5.78. The molecule has 2 aliphatic rings. The average Bonchev–Trinajstić information content (AvgIpc) is 3.53. The second-order valence-electron chi connectivity index (χ2n) is 10.4. The molecule has 2 fully saturated rings. The minimum absolute atomic E-state index is 0.727. The van der Waals surface area contributed by atoms with E-state index in [0.29, 0.717) is 0 Å². The fourth-order valence-corrected chi connectivity index (χ4v) is 7.45. The molecule has 156 valence electrons. The lowest BCUT2D eigenvalue weighted by Gasteiger charge is -2.23. The zero-order valence-electron chi connectivity index (χ0n) is 18.6. The summed E-state index contributed by atoms with van der Waals surface area (Å²) in [5.41, 5.74) is 8.21. The molecule has 0 amide bonds. The summed E-state index contributed by atoms with van der Waals surface area (Å²) >= 11 is 0. The summed E-state index contributed by atoms with van der Waals surface area (Å²) in [5, 5.41) is 6.69. The SMILES string of the molecule is Cc1ccc2c3cnccc3n3c4cc(C5CC6CCC5C6)cc5cc[n+](C)c(c1c23)c54. The molecule has 0 spiro atoms. The molecular formula is C29H26N3+. The van der Waals surface area contributed by atoms with Crippen molar-refractivity contribution in [3.63, 3.8) is 0 Å². The van der Waals surface area contributed by atoms with Crippen LogP contribution < -0.4 is 4.57 Å². The Morgan fingerprint density at radius 3 is 2.75 bits per heavy atom. The Hall–Kier alpha value is -3.20. The van der Waals surface area contributed by atoms with Gasteiger partial charge in [0.15, 0.2) is 6.20 Å². The molecule has 2 bridgehead atoms. The van der Waals surface area contributed by atoms with Gasteiger partial charge in [-0.2, -0.15) is 0 Å². The first-order chi connectivity index (χ1) is 15.7. The number of aryl methyl sites for hydroxylation is 2. The Kier molecular flexibility index (Phi) is 3.13. The molecule has 0 radical (unpaired) electrons. The maximum atomic E-state index is 4.49. The molecular weight excluding hydrogens is 390 g/mol. The third-order valence-electron chi connectivity index (χ3n) is 8.82. The van der Waals surface area contributed by atoms with E-state index in [9.17, 15) is 0 Å². The summed E-state index contributed by atoms with van der Waals surface area (Å²) < 4.78 is 4.87. The van der Waals surface area contributed by atoms with Crippen molar-refractivity contribution in [3.05, 3.63) is 66.1 Å². The summed E-state index contributed by atoms with van der Waals surface area (Å²) in [6.07, 6.45) is 11.9. The van der Waals surface area contributed by atoms with Gasteiger partial charge in [-0.3, -0.25) is 4.98 Å². The Bertz CT molecular complexity index is 1720. The standard InChI is InChI=1S/C29H26N3/c1-16-3-6-21-23-15-30-9-7-24(23)32-25-14-20(22-12-17-4-5-18(22)11-17)13-19-8-10-31(2)29(27(19)25)26(16)28(21)32/h3,6-10,13-15,17-18,22H,4-5,11-12H2,1-2H3/q+1. The predicted molar refractivity (Wildman–Crippen MR) is 131 cm³/mol. The van der Waals surface area contributed by atoms with Crippen LogP contribution in [0.1, 0.15) is 42.7 Å². The first kappa shape index (κ1) is 17.4. The van der Waals surface area contributed by atoms with Crippen molar-refractivity contribution in [3.8, 4) is 0 Å². The van der Waals surface area contributed by atoms with Crippen LogP contribution in [0.2, 0.25) is 0 Å². The van der Waals surface area contributed by atoms with Crippen LogP contribution in [-0.4, -0.2) is 9.38 Å². The predicted octanol–water partition coefficient (Wildman–Crippen LogP) is 6.42. The highest BCUT2D eigenvalue weighted by Gasteiger charge is 2.40. The van der Waals surface area contributed by atoms with Gasteiger partial charge in [-0.15, -0.1) is 0 Å². The van der Waals surface area contributed by atoms with E-state index in [2.05, 4.69) is 70.5 Å². The van der Waals surface area contributed by atoms with Crippen molar-refractivity contribution >= 4 is 49.0 Å². The van der Waals surface area contributed by atoms with Gasteiger partial charge in [0.1, 0.15) is 7.05 Å². The molecule has 8 rings (SSSR count). The number of rotatable bonds is 1. The first-order valence-corrected chi connectivity index (χ1v) is 12.0. The fourth-order valence-electron chi connectivity index (χ4n) is 7.45. The lowest BCUT2D eigenvalue weighted by Crippen LogP contribution is -2.29. The van der Waals surface area contributed by atoms with Crippen LogP contribution in [0.5, 0.6) is 0 Å². The van der Waals surface area contributed by atoms with Crippen molar-refractivity contribution in [1.29, 1.82) is 0 Å². The van der Waals surface area contributed by atoms with Gasteiger partial charge in [0.2, 0.25) is 5.52 Å². The molecule has 0 N–H and O–H groups in total. The average molecular weight is 417 g/mol. The monoisotopic (exact) mass is 416 g/mol. The minimum atomic E-state index is 0.727. The van der Waals surface area contributed by atoms with E-state index in [1.807, 2.05) is 12.4 Å². The third-order valence-corrected chi connectivity index (χ3v) is 8.82. The Labute approximate surface area is 186 Å². The molecule has 3 atom stereocenters. The van der Waals surface area contributed by atoms with Crippen LogP contribution in [0.4, 0.5) is 0 Å². The number of hydrogen-bond donors (Lipinski definition) is 0. The number of benzene rings is 2. The van der Waals surface area contributed by atoms with Crippen LogP contribution in [0, 0.1) is 18.8 Å². The molecule has 3 nitrogen and oxygen atoms in total. The van der Waals surface area contributed by atoms with Gasteiger partial charge < -0.3 is 4.40 Å². The first-order valence-electron chi connectivity index (χ1n) is 12.0.